The predicted molar refractivity (Wildman–Crippen MR) is 80.0 cm³/mol. The van der Waals surface area contributed by atoms with Crippen molar-refractivity contribution in [3.05, 3.63) is 29.8 Å². The van der Waals surface area contributed by atoms with E-state index in [-0.39, 0.29) is 4.90 Å². The lowest BCUT2D eigenvalue weighted by molar-refractivity contribution is 0.147. The summed E-state index contributed by atoms with van der Waals surface area (Å²) >= 11 is 0. The van der Waals surface area contributed by atoms with Crippen LogP contribution < -0.4 is 10.5 Å². The van der Waals surface area contributed by atoms with Crippen molar-refractivity contribution in [3.63, 3.8) is 0 Å². The highest BCUT2D eigenvalue weighted by Crippen LogP contribution is 2.09. The number of ether oxygens (including phenoxy) is 1. The second-order valence-corrected chi connectivity index (χ2v) is 6.76. The van der Waals surface area contributed by atoms with E-state index in [2.05, 4.69) is 19.2 Å². The summed E-state index contributed by atoms with van der Waals surface area (Å²) in [5.41, 5.74) is 1.07. The number of primary sulfonamides is 1. The van der Waals surface area contributed by atoms with Gasteiger partial charge in [0.05, 0.1) is 11.5 Å². The lowest BCUT2D eigenvalue weighted by atomic mass is 10.0. The lowest BCUT2D eigenvalue weighted by Gasteiger charge is -2.21. The Bertz CT molecular complexity index is 498. The molecule has 3 N–H and O–H groups in total. The molecule has 20 heavy (non-hydrogen) atoms. The fraction of sp³-hybridized carbons (Fsp3) is 0.571. The molecule has 0 heterocycles. The molecule has 1 aromatic carbocycles. The molecule has 0 aliphatic rings. The van der Waals surface area contributed by atoms with Crippen molar-refractivity contribution >= 4 is 10.0 Å². The molecule has 1 aromatic rings. The van der Waals surface area contributed by atoms with Gasteiger partial charge in [-0.3, -0.25) is 0 Å². The molecule has 0 fully saturated rings. The zero-order valence-electron chi connectivity index (χ0n) is 12.3. The monoisotopic (exact) mass is 300 g/mol. The van der Waals surface area contributed by atoms with Crippen molar-refractivity contribution in [2.24, 2.45) is 11.1 Å². The summed E-state index contributed by atoms with van der Waals surface area (Å²) in [4.78, 5) is 0.147. The van der Waals surface area contributed by atoms with E-state index >= 15 is 0 Å². The number of methoxy groups -OCH3 is 1. The minimum Gasteiger partial charge on any atom is -0.383 e. The van der Waals surface area contributed by atoms with Crippen molar-refractivity contribution in [1.82, 2.24) is 5.32 Å². The maximum Gasteiger partial charge on any atom is 0.238 e. The Hall–Kier alpha value is -0.950. The Labute approximate surface area is 121 Å². The average Bonchev–Trinajstić information content (AvgIpc) is 2.37. The first-order valence-corrected chi connectivity index (χ1v) is 8.23. The van der Waals surface area contributed by atoms with Gasteiger partial charge in [-0.1, -0.05) is 26.0 Å². The predicted octanol–water partition coefficient (Wildman–Crippen LogP) is 1.14. The van der Waals surface area contributed by atoms with Crippen LogP contribution in [0.4, 0.5) is 0 Å². The highest BCUT2D eigenvalue weighted by Gasteiger charge is 2.12. The first kappa shape index (κ1) is 17.1. The van der Waals surface area contributed by atoms with Crippen molar-refractivity contribution in [2.45, 2.75) is 31.2 Å². The molecule has 1 atom stereocenters. The Kier molecular flexibility index (Phi) is 6.61. The van der Waals surface area contributed by atoms with E-state index in [0.29, 0.717) is 18.6 Å². The van der Waals surface area contributed by atoms with Crippen LogP contribution in [0.1, 0.15) is 19.4 Å². The SMILES string of the molecule is COCC(NCCc1ccc(S(N)(=O)=O)cc1)C(C)C. The third kappa shape index (κ3) is 5.58. The number of nitrogens with two attached hydrogens (primary N) is 1. The van der Waals surface area contributed by atoms with Crippen LogP contribution in [-0.2, 0) is 21.2 Å². The molecule has 0 saturated carbocycles. The van der Waals surface area contributed by atoms with Gasteiger partial charge in [0.1, 0.15) is 0 Å². The Morgan fingerprint density at radius 3 is 2.30 bits per heavy atom. The molecule has 0 aromatic heterocycles. The maximum atomic E-state index is 11.1. The van der Waals surface area contributed by atoms with Crippen molar-refractivity contribution in [2.75, 3.05) is 20.3 Å². The fourth-order valence-electron chi connectivity index (χ4n) is 1.91. The minimum absolute atomic E-state index is 0.147. The Morgan fingerprint density at radius 2 is 1.85 bits per heavy atom. The summed E-state index contributed by atoms with van der Waals surface area (Å²) in [5.74, 6) is 0.500. The van der Waals surface area contributed by atoms with Gasteiger partial charge >= 0.3 is 0 Å². The molecule has 0 bridgehead atoms. The van der Waals surface area contributed by atoms with Gasteiger partial charge in [-0.15, -0.1) is 0 Å². The highest BCUT2D eigenvalue weighted by atomic mass is 32.2. The topological polar surface area (TPSA) is 81.4 Å². The van der Waals surface area contributed by atoms with Gasteiger partial charge in [-0.05, 0) is 36.6 Å². The number of nitrogens with one attached hydrogen (secondary N) is 1. The summed E-state index contributed by atoms with van der Waals surface area (Å²) in [6.07, 6.45) is 0.831. The van der Waals surface area contributed by atoms with Gasteiger partial charge in [0.15, 0.2) is 0 Å². The molecule has 6 heteroatoms. The molecule has 0 aliphatic carbocycles. The maximum absolute atomic E-state index is 11.1. The largest absolute Gasteiger partial charge is 0.383 e. The van der Waals surface area contributed by atoms with Crippen LogP contribution in [0.3, 0.4) is 0 Å². The van der Waals surface area contributed by atoms with Crippen molar-refractivity contribution in [1.29, 1.82) is 0 Å². The first-order chi connectivity index (χ1) is 9.34. The molecule has 0 radical (unpaired) electrons. The van der Waals surface area contributed by atoms with Crippen LogP contribution in [0.15, 0.2) is 29.2 Å². The minimum atomic E-state index is -3.60. The van der Waals surface area contributed by atoms with E-state index in [0.717, 1.165) is 18.5 Å². The number of hydrogen-bond donors (Lipinski definition) is 2. The highest BCUT2D eigenvalue weighted by molar-refractivity contribution is 7.89. The van der Waals surface area contributed by atoms with E-state index in [9.17, 15) is 8.42 Å². The van der Waals surface area contributed by atoms with Gasteiger partial charge in [0.25, 0.3) is 0 Å². The smallest absolute Gasteiger partial charge is 0.238 e. The van der Waals surface area contributed by atoms with E-state index in [1.54, 1.807) is 31.4 Å². The van der Waals surface area contributed by atoms with Crippen LogP contribution in [-0.4, -0.2) is 34.7 Å². The normalized spacial score (nSPS) is 13.7. The van der Waals surface area contributed by atoms with Crippen LogP contribution in [0.25, 0.3) is 0 Å². The van der Waals surface area contributed by atoms with Crippen molar-refractivity contribution in [3.8, 4) is 0 Å². The van der Waals surface area contributed by atoms with Gasteiger partial charge in [0, 0.05) is 13.2 Å². The van der Waals surface area contributed by atoms with Crippen LogP contribution in [0.2, 0.25) is 0 Å². The van der Waals surface area contributed by atoms with Gasteiger partial charge in [-0.2, -0.15) is 0 Å². The van der Waals surface area contributed by atoms with Crippen molar-refractivity contribution < 1.29 is 13.2 Å². The first-order valence-electron chi connectivity index (χ1n) is 6.68. The summed E-state index contributed by atoms with van der Waals surface area (Å²) in [5, 5.41) is 8.50. The molecule has 1 unspecified atom stereocenters. The van der Waals surface area contributed by atoms with Gasteiger partial charge in [0.2, 0.25) is 10.0 Å². The van der Waals surface area contributed by atoms with E-state index in [1.165, 1.54) is 0 Å². The summed E-state index contributed by atoms with van der Waals surface area (Å²) < 4.78 is 27.5. The fourth-order valence-corrected chi connectivity index (χ4v) is 2.43. The molecule has 0 spiro atoms. The molecule has 5 nitrogen and oxygen atoms in total. The van der Waals surface area contributed by atoms with Crippen LogP contribution >= 0.6 is 0 Å². The molecular weight excluding hydrogens is 276 g/mol. The second-order valence-electron chi connectivity index (χ2n) is 5.20. The Morgan fingerprint density at radius 1 is 1.25 bits per heavy atom. The number of rotatable bonds is 8. The van der Waals surface area contributed by atoms with Gasteiger partial charge in [-0.25, -0.2) is 13.6 Å². The quantitative estimate of drug-likeness (QED) is 0.754. The average molecular weight is 300 g/mol. The number of sulfonamides is 1. The zero-order valence-corrected chi connectivity index (χ0v) is 13.1. The van der Waals surface area contributed by atoms with E-state index in [1.807, 2.05) is 0 Å². The lowest BCUT2D eigenvalue weighted by Crippen LogP contribution is -2.38. The Balaban J connectivity index is 2.50. The second kappa shape index (κ2) is 7.73. The third-order valence-corrected chi connectivity index (χ3v) is 4.15. The summed E-state index contributed by atoms with van der Waals surface area (Å²) in [6, 6.07) is 6.99. The molecule has 114 valence electrons. The molecule has 0 amide bonds. The van der Waals surface area contributed by atoms with Crippen LogP contribution in [0.5, 0.6) is 0 Å². The van der Waals surface area contributed by atoms with Gasteiger partial charge < -0.3 is 10.1 Å². The standard InChI is InChI=1S/C14H24N2O3S/c1-11(2)14(10-19-3)16-9-8-12-4-6-13(7-5-12)20(15,17)18/h4-7,11,14,16H,8-10H2,1-3H3,(H2,15,17,18). The van der Waals surface area contributed by atoms with Crippen LogP contribution in [0, 0.1) is 5.92 Å². The molecule has 0 aliphatic heterocycles. The summed E-state index contributed by atoms with van der Waals surface area (Å²) in [7, 11) is -1.91. The third-order valence-electron chi connectivity index (χ3n) is 3.22. The zero-order chi connectivity index (χ0) is 15.2. The van der Waals surface area contributed by atoms with E-state index in [4.69, 9.17) is 9.88 Å². The molecule has 1 rings (SSSR count). The summed E-state index contributed by atoms with van der Waals surface area (Å²) in [6.45, 7) is 5.80. The number of hydrogen-bond acceptors (Lipinski definition) is 4. The number of benzene rings is 1. The molecule has 0 saturated heterocycles. The van der Waals surface area contributed by atoms with E-state index < -0.39 is 10.0 Å². The molecular formula is C14H24N2O3S.